The molecule has 0 radical (unpaired) electrons. The number of fused-ring (bicyclic) bond motifs is 2. The lowest BCUT2D eigenvalue weighted by molar-refractivity contribution is -0.137. The highest BCUT2D eigenvalue weighted by Crippen LogP contribution is 2.47. The summed E-state index contributed by atoms with van der Waals surface area (Å²) in [6, 6.07) is 3.75. The number of Topliss-reactive ketones (excluding diaryl/α,β-unsaturated/α-hetero) is 1. The van der Waals surface area contributed by atoms with Gasteiger partial charge in [-0.2, -0.15) is 13.2 Å². The number of carbonyl (C=O) groups excluding carboxylic acids is 1. The van der Waals surface area contributed by atoms with Gasteiger partial charge in [-0.3, -0.25) is 4.79 Å². The third kappa shape index (κ3) is 5.49. The molecule has 1 atom stereocenters. The summed E-state index contributed by atoms with van der Waals surface area (Å²) >= 11 is 3.12. The summed E-state index contributed by atoms with van der Waals surface area (Å²) < 4.78 is 45.3. The minimum absolute atomic E-state index is 0.209. The number of ketones is 1. The first-order chi connectivity index (χ1) is 15.8. The van der Waals surface area contributed by atoms with E-state index in [1.54, 1.807) is 18.4 Å². The number of aromatic nitrogens is 1. The molecule has 0 saturated heterocycles. The molecular formula is C25H28F3NO2S2. The molecular weight excluding hydrogens is 467 g/mol. The Morgan fingerprint density at radius 3 is 2.79 bits per heavy atom. The van der Waals surface area contributed by atoms with Gasteiger partial charge in [0.1, 0.15) is 10.8 Å². The standard InChI is InChI=1S/C25H28F3NO2S2/c1-15-7-6-9-18-22(21(32-23(15)18)14-17(30)8-4-3-5-12-31-2)24-29-19-13-16(25(26,27)28)10-11-20(19)33-24/h10-11,13,15H,3-9,12,14H2,1-2H3. The maximum absolute atomic E-state index is 13.2. The van der Waals surface area contributed by atoms with Crippen LogP contribution in [0.1, 0.15) is 72.2 Å². The van der Waals surface area contributed by atoms with Gasteiger partial charge in [0.15, 0.2) is 0 Å². The van der Waals surface area contributed by atoms with Crippen LogP contribution < -0.4 is 0 Å². The van der Waals surface area contributed by atoms with Crippen molar-refractivity contribution >= 4 is 38.7 Å². The number of unbranched alkanes of at least 4 members (excludes halogenated alkanes) is 2. The van der Waals surface area contributed by atoms with E-state index in [1.807, 2.05) is 0 Å². The SMILES string of the molecule is COCCCCCC(=O)Cc1sc2c(c1-c1nc3cc(C(F)(F)F)ccc3s1)CCCC2C. The van der Waals surface area contributed by atoms with E-state index in [0.29, 0.717) is 30.9 Å². The molecule has 0 fully saturated rings. The fraction of sp³-hybridized carbons (Fsp3) is 0.520. The highest BCUT2D eigenvalue weighted by molar-refractivity contribution is 7.22. The number of ether oxygens (including phenoxy) is 1. The van der Waals surface area contributed by atoms with E-state index in [9.17, 15) is 18.0 Å². The smallest absolute Gasteiger partial charge is 0.385 e. The van der Waals surface area contributed by atoms with Crippen molar-refractivity contribution < 1.29 is 22.7 Å². The van der Waals surface area contributed by atoms with Gasteiger partial charge in [-0.25, -0.2) is 4.98 Å². The van der Waals surface area contributed by atoms with Gasteiger partial charge in [-0.05, 0) is 61.8 Å². The maximum Gasteiger partial charge on any atom is 0.416 e. The lowest BCUT2D eigenvalue weighted by Crippen LogP contribution is -2.05. The monoisotopic (exact) mass is 495 g/mol. The van der Waals surface area contributed by atoms with Gasteiger partial charge in [0, 0.05) is 41.9 Å². The van der Waals surface area contributed by atoms with Gasteiger partial charge in [-0.1, -0.05) is 13.3 Å². The normalized spacial score (nSPS) is 16.3. The molecule has 1 unspecified atom stereocenters. The van der Waals surface area contributed by atoms with Crippen molar-refractivity contribution in [2.75, 3.05) is 13.7 Å². The van der Waals surface area contributed by atoms with E-state index in [1.165, 1.54) is 27.8 Å². The Kier molecular flexibility index (Phi) is 7.56. The van der Waals surface area contributed by atoms with E-state index in [0.717, 1.165) is 70.8 Å². The molecule has 0 amide bonds. The Hall–Kier alpha value is -1.77. The average Bonchev–Trinajstić information content (AvgIpc) is 3.33. The molecule has 33 heavy (non-hydrogen) atoms. The third-order valence-corrected chi connectivity index (χ3v) is 8.73. The lowest BCUT2D eigenvalue weighted by Gasteiger charge is -2.18. The zero-order valence-corrected chi connectivity index (χ0v) is 20.5. The number of hydrogen-bond acceptors (Lipinski definition) is 5. The Morgan fingerprint density at radius 2 is 2.03 bits per heavy atom. The second-order valence-corrected chi connectivity index (χ2v) is 10.9. The van der Waals surface area contributed by atoms with Crippen molar-refractivity contribution in [1.29, 1.82) is 0 Å². The number of methoxy groups -OCH3 is 1. The molecule has 0 N–H and O–H groups in total. The maximum atomic E-state index is 13.2. The Morgan fingerprint density at radius 1 is 1.21 bits per heavy atom. The second-order valence-electron chi connectivity index (χ2n) is 8.75. The molecule has 3 aromatic rings. The minimum Gasteiger partial charge on any atom is -0.385 e. The lowest BCUT2D eigenvalue weighted by atomic mass is 9.88. The molecule has 0 saturated carbocycles. The van der Waals surface area contributed by atoms with Crippen LogP contribution in [0.2, 0.25) is 0 Å². The number of benzene rings is 1. The summed E-state index contributed by atoms with van der Waals surface area (Å²) in [5, 5.41) is 0.735. The van der Waals surface area contributed by atoms with Crippen LogP contribution in [0, 0.1) is 0 Å². The van der Waals surface area contributed by atoms with E-state index < -0.39 is 11.7 Å². The van der Waals surface area contributed by atoms with Crippen LogP contribution in [0.15, 0.2) is 18.2 Å². The molecule has 3 nitrogen and oxygen atoms in total. The van der Waals surface area contributed by atoms with Crippen LogP contribution in [-0.4, -0.2) is 24.5 Å². The molecule has 1 aromatic carbocycles. The number of carbonyl (C=O) groups is 1. The number of thiazole rings is 1. The van der Waals surface area contributed by atoms with Crippen molar-refractivity contribution in [3.8, 4) is 10.6 Å². The number of nitrogens with zero attached hydrogens (tertiary/aromatic N) is 1. The molecule has 178 valence electrons. The first kappa shape index (κ1) is 24.4. The van der Waals surface area contributed by atoms with Crippen LogP contribution >= 0.6 is 22.7 Å². The molecule has 2 heterocycles. The topological polar surface area (TPSA) is 39.2 Å². The van der Waals surface area contributed by atoms with Gasteiger partial charge in [-0.15, -0.1) is 22.7 Å². The van der Waals surface area contributed by atoms with Crippen LogP contribution in [0.5, 0.6) is 0 Å². The van der Waals surface area contributed by atoms with E-state index in [-0.39, 0.29) is 5.78 Å². The highest BCUT2D eigenvalue weighted by atomic mass is 32.1. The average molecular weight is 496 g/mol. The molecule has 0 aliphatic heterocycles. The predicted molar refractivity (Wildman–Crippen MR) is 128 cm³/mol. The summed E-state index contributed by atoms with van der Waals surface area (Å²) in [4.78, 5) is 19.7. The summed E-state index contributed by atoms with van der Waals surface area (Å²) in [5.41, 5.74) is 1.93. The van der Waals surface area contributed by atoms with Gasteiger partial charge in [0.2, 0.25) is 0 Å². The molecule has 0 spiro atoms. The van der Waals surface area contributed by atoms with Crippen LogP contribution in [-0.2, 0) is 28.5 Å². The van der Waals surface area contributed by atoms with Crippen molar-refractivity contribution in [2.24, 2.45) is 0 Å². The van der Waals surface area contributed by atoms with Crippen molar-refractivity contribution in [3.05, 3.63) is 39.1 Å². The molecule has 4 rings (SSSR count). The number of alkyl halides is 3. The van der Waals surface area contributed by atoms with Crippen molar-refractivity contribution in [1.82, 2.24) is 4.98 Å². The molecule has 1 aliphatic rings. The summed E-state index contributed by atoms with van der Waals surface area (Å²) in [7, 11) is 1.68. The number of halogens is 3. The minimum atomic E-state index is -4.39. The van der Waals surface area contributed by atoms with E-state index >= 15 is 0 Å². The van der Waals surface area contributed by atoms with Crippen LogP contribution in [0.3, 0.4) is 0 Å². The zero-order valence-electron chi connectivity index (χ0n) is 18.9. The Labute approximate surface area is 200 Å². The molecule has 2 aromatic heterocycles. The van der Waals surface area contributed by atoms with Gasteiger partial charge in [0.25, 0.3) is 0 Å². The van der Waals surface area contributed by atoms with E-state index in [2.05, 4.69) is 11.9 Å². The van der Waals surface area contributed by atoms with Gasteiger partial charge < -0.3 is 4.74 Å². The number of rotatable bonds is 9. The zero-order chi connectivity index (χ0) is 23.6. The number of hydrogen-bond donors (Lipinski definition) is 0. The Bertz CT molecular complexity index is 1130. The fourth-order valence-electron chi connectivity index (χ4n) is 4.50. The molecule has 1 aliphatic carbocycles. The third-order valence-electron chi connectivity index (χ3n) is 6.21. The largest absolute Gasteiger partial charge is 0.416 e. The van der Waals surface area contributed by atoms with E-state index in [4.69, 9.17) is 4.74 Å². The number of thiophene rings is 1. The van der Waals surface area contributed by atoms with Gasteiger partial charge >= 0.3 is 6.18 Å². The first-order valence-corrected chi connectivity index (χ1v) is 13.0. The van der Waals surface area contributed by atoms with Crippen molar-refractivity contribution in [2.45, 2.75) is 70.4 Å². The van der Waals surface area contributed by atoms with Gasteiger partial charge in [0.05, 0.1) is 15.8 Å². The highest BCUT2D eigenvalue weighted by Gasteiger charge is 2.32. The first-order valence-electron chi connectivity index (χ1n) is 11.4. The summed E-state index contributed by atoms with van der Waals surface area (Å²) in [6.07, 6.45) is 2.40. The molecule has 0 bridgehead atoms. The summed E-state index contributed by atoms with van der Waals surface area (Å²) in [5.74, 6) is 0.641. The van der Waals surface area contributed by atoms with Crippen LogP contribution in [0.4, 0.5) is 13.2 Å². The Balaban J connectivity index is 1.65. The fourth-order valence-corrected chi connectivity index (χ4v) is 7.07. The quantitative estimate of drug-likeness (QED) is 0.284. The second kappa shape index (κ2) is 10.2. The molecule has 8 heteroatoms. The van der Waals surface area contributed by atoms with Crippen molar-refractivity contribution in [3.63, 3.8) is 0 Å². The van der Waals surface area contributed by atoms with Crippen LogP contribution in [0.25, 0.3) is 20.8 Å². The summed E-state index contributed by atoms with van der Waals surface area (Å²) in [6.45, 7) is 2.93. The predicted octanol–water partition coefficient (Wildman–Crippen LogP) is 7.80.